The Morgan fingerprint density at radius 2 is 1.86 bits per heavy atom. The number of amides is 2. The second-order valence-electron chi connectivity index (χ2n) is 8.10. The molecule has 0 radical (unpaired) electrons. The van der Waals surface area contributed by atoms with Gasteiger partial charge in [0, 0.05) is 0 Å². The molecule has 1 unspecified atom stereocenters. The second kappa shape index (κ2) is 9.87. The molecule has 0 saturated carbocycles. The van der Waals surface area contributed by atoms with E-state index in [1.807, 2.05) is 6.07 Å². The third-order valence-electron chi connectivity index (χ3n) is 5.64. The molecule has 3 heterocycles. The molecule has 0 bridgehead atoms. The number of furan rings is 2. The number of carbonyl (C=O) groups excluding carboxylic acids is 2. The van der Waals surface area contributed by atoms with Crippen LogP contribution < -0.4 is 10.2 Å². The quantitative estimate of drug-likeness (QED) is 0.352. The average Bonchev–Trinajstić information content (AvgIpc) is 3.64. The van der Waals surface area contributed by atoms with E-state index >= 15 is 4.39 Å². The Morgan fingerprint density at radius 1 is 1.06 bits per heavy atom. The van der Waals surface area contributed by atoms with Crippen molar-refractivity contribution in [2.24, 2.45) is 0 Å². The molecule has 2 aromatic carbocycles. The lowest BCUT2D eigenvalue weighted by atomic mass is 10.1. The largest absolute Gasteiger partial charge is 0.467 e. The van der Waals surface area contributed by atoms with E-state index in [4.69, 9.17) is 8.83 Å². The van der Waals surface area contributed by atoms with E-state index in [0.29, 0.717) is 22.6 Å². The summed E-state index contributed by atoms with van der Waals surface area (Å²) in [7, 11) is 0. The molecule has 1 atom stereocenters. The van der Waals surface area contributed by atoms with Crippen molar-refractivity contribution in [2.75, 3.05) is 4.90 Å². The number of fused-ring (bicyclic) bond motifs is 1. The Kier molecular flexibility index (Phi) is 6.31. The normalized spacial score (nSPS) is 11.9. The van der Waals surface area contributed by atoms with Gasteiger partial charge in [-0.25, -0.2) is 9.07 Å². The molecule has 3 aromatic heterocycles. The van der Waals surface area contributed by atoms with Crippen molar-refractivity contribution in [3.63, 3.8) is 0 Å². The van der Waals surface area contributed by atoms with Crippen LogP contribution in [0.1, 0.15) is 23.3 Å². The van der Waals surface area contributed by atoms with Crippen LogP contribution in [0.4, 0.5) is 10.1 Å². The Balaban J connectivity index is 1.55. The molecule has 182 valence electrons. The molecule has 36 heavy (non-hydrogen) atoms. The molecule has 5 rings (SSSR count). The third kappa shape index (κ3) is 4.61. The van der Waals surface area contributed by atoms with Crippen LogP contribution in [-0.2, 0) is 22.7 Å². The summed E-state index contributed by atoms with van der Waals surface area (Å²) in [5.41, 5.74) is 1.17. The van der Waals surface area contributed by atoms with Crippen molar-refractivity contribution in [3.8, 4) is 0 Å². The number of halogens is 1. The number of nitrogens with one attached hydrogen (secondary N) is 1. The first-order valence-electron chi connectivity index (χ1n) is 11.2. The fraction of sp³-hybridized carbons (Fsp3) is 0.154. The first kappa shape index (κ1) is 23.0. The third-order valence-corrected chi connectivity index (χ3v) is 5.64. The molecular weight excluding hydrogens is 465 g/mol. The number of anilines is 1. The minimum Gasteiger partial charge on any atom is -0.467 e. The summed E-state index contributed by atoms with van der Waals surface area (Å²) in [4.78, 5) is 28.4. The van der Waals surface area contributed by atoms with Crippen LogP contribution in [0.3, 0.4) is 0 Å². The number of benzene rings is 2. The SMILES string of the molecule is Cc1ccc(C(C(=O)NCc2ccco2)N(C(=O)Cn2nnc3ccccc32)c2ccccc2F)o1. The van der Waals surface area contributed by atoms with Crippen LogP contribution in [0.5, 0.6) is 0 Å². The minimum atomic E-state index is -1.30. The number of aromatic nitrogens is 3. The Bertz CT molecular complexity index is 1510. The van der Waals surface area contributed by atoms with Gasteiger partial charge in [-0.2, -0.15) is 0 Å². The highest BCUT2D eigenvalue weighted by atomic mass is 19.1. The van der Waals surface area contributed by atoms with Gasteiger partial charge in [-0.05, 0) is 55.5 Å². The molecule has 0 spiro atoms. The maximum Gasteiger partial charge on any atom is 0.251 e. The number of aryl methyl sites for hydroxylation is 1. The van der Waals surface area contributed by atoms with Crippen LogP contribution in [-0.4, -0.2) is 26.8 Å². The number of carbonyl (C=O) groups is 2. The van der Waals surface area contributed by atoms with Crippen LogP contribution in [0.25, 0.3) is 11.0 Å². The van der Waals surface area contributed by atoms with E-state index in [2.05, 4.69) is 15.6 Å². The van der Waals surface area contributed by atoms with Crippen molar-refractivity contribution in [1.82, 2.24) is 20.3 Å². The number of hydrogen-bond acceptors (Lipinski definition) is 6. The van der Waals surface area contributed by atoms with Gasteiger partial charge in [0.25, 0.3) is 5.91 Å². The molecule has 0 aliphatic heterocycles. The average molecular weight is 487 g/mol. The van der Waals surface area contributed by atoms with E-state index in [-0.39, 0.29) is 24.5 Å². The van der Waals surface area contributed by atoms with Gasteiger partial charge in [-0.1, -0.05) is 29.5 Å². The summed E-state index contributed by atoms with van der Waals surface area (Å²) in [5, 5.41) is 10.9. The van der Waals surface area contributed by atoms with Gasteiger partial charge in [0.15, 0.2) is 6.04 Å². The van der Waals surface area contributed by atoms with Crippen molar-refractivity contribution >= 4 is 28.5 Å². The minimum absolute atomic E-state index is 0.0703. The zero-order valence-electron chi connectivity index (χ0n) is 19.3. The number of para-hydroxylation sites is 2. The lowest BCUT2D eigenvalue weighted by molar-refractivity contribution is -0.127. The Labute approximate surface area is 205 Å². The Morgan fingerprint density at radius 3 is 2.61 bits per heavy atom. The standard InChI is InChI=1S/C26H22FN5O4/c1-17-12-13-23(36-17)25(26(34)28-15-18-7-6-14-35-18)32(21-10-4-2-8-19(21)27)24(33)16-31-22-11-5-3-9-20(22)29-30-31/h2-14,25H,15-16H2,1H3,(H,28,34). The summed E-state index contributed by atoms with van der Waals surface area (Å²) in [6.07, 6.45) is 1.49. The first-order chi connectivity index (χ1) is 17.5. The van der Waals surface area contributed by atoms with Crippen molar-refractivity contribution in [3.05, 3.63) is 102 Å². The zero-order valence-corrected chi connectivity index (χ0v) is 19.3. The lowest BCUT2D eigenvalue weighted by Gasteiger charge is -2.30. The highest BCUT2D eigenvalue weighted by molar-refractivity contribution is 6.01. The molecule has 1 N–H and O–H groups in total. The van der Waals surface area contributed by atoms with E-state index in [9.17, 15) is 9.59 Å². The Hall–Kier alpha value is -4.73. The van der Waals surface area contributed by atoms with Crippen molar-refractivity contribution < 1.29 is 22.8 Å². The van der Waals surface area contributed by atoms with E-state index in [1.54, 1.807) is 55.5 Å². The van der Waals surface area contributed by atoms with Crippen molar-refractivity contribution in [1.29, 1.82) is 0 Å². The highest BCUT2D eigenvalue weighted by Crippen LogP contribution is 2.31. The summed E-state index contributed by atoms with van der Waals surface area (Å²) >= 11 is 0. The van der Waals surface area contributed by atoms with Gasteiger partial charge in [0.05, 0.1) is 24.0 Å². The molecule has 0 aliphatic carbocycles. The predicted molar refractivity (Wildman–Crippen MR) is 128 cm³/mol. The summed E-state index contributed by atoms with van der Waals surface area (Å²) < 4.78 is 27.6. The summed E-state index contributed by atoms with van der Waals surface area (Å²) in [5.74, 6) is -0.567. The summed E-state index contributed by atoms with van der Waals surface area (Å²) in [6, 6.07) is 18.3. The molecule has 0 aliphatic rings. The zero-order chi connectivity index (χ0) is 25.1. The van der Waals surface area contributed by atoms with Gasteiger partial charge < -0.3 is 14.2 Å². The predicted octanol–water partition coefficient (Wildman–Crippen LogP) is 4.16. The maximum absolute atomic E-state index is 15.1. The van der Waals surface area contributed by atoms with Gasteiger partial charge in [0.1, 0.15) is 35.2 Å². The number of nitrogens with zero attached hydrogens (tertiary/aromatic N) is 4. The van der Waals surface area contributed by atoms with E-state index in [0.717, 1.165) is 4.90 Å². The number of rotatable bonds is 8. The molecule has 9 nitrogen and oxygen atoms in total. The van der Waals surface area contributed by atoms with Crippen LogP contribution in [0, 0.1) is 12.7 Å². The molecule has 10 heteroatoms. The van der Waals surface area contributed by atoms with Gasteiger partial charge in [-0.3, -0.25) is 14.5 Å². The first-order valence-corrected chi connectivity index (χ1v) is 11.2. The molecule has 2 amide bonds. The molecular formula is C26H22FN5O4. The van der Waals surface area contributed by atoms with Crippen LogP contribution >= 0.6 is 0 Å². The van der Waals surface area contributed by atoms with Crippen LogP contribution in [0.15, 0.2) is 87.9 Å². The lowest BCUT2D eigenvalue weighted by Crippen LogP contribution is -2.45. The highest BCUT2D eigenvalue weighted by Gasteiger charge is 2.36. The number of hydrogen-bond donors (Lipinski definition) is 1. The van der Waals surface area contributed by atoms with Crippen molar-refractivity contribution in [2.45, 2.75) is 26.1 Å². The van der Waals surface area contributed by atoms with Gasteiger partial charge in [0.2, 0.25) is 5.91 Å². The summed E-state index contributed by atoms with van der Waals surface area (Å²) in [6.45, 7) is 1.52. The van der Waals surface area contributed by atoms with E-state index < -0.39 is 23.7 Å². The molecule has 0 fully saturated rings. The second-order valence-corrected chi connectivity index (χ2v) is 8.10. The fourth-order valence-corrected chi connectivity index (χ4v) is 3.96. The monoisotopic (exact) mass is 487 g/mol. The maximum atomic E-state index is 15.1. The topological polar surface area (TPSA) is 106 Å². The van der Waals surface area contributed by atoms with Gasteiger partial charge in [-0.15, -0.1) is 5.10 Å². The fourth-order valence-electron chi connectivity index (χ4n) is 3.96. The molecule has 5 aromatic rings. The molecule has 0 saturated heterocycles. The van der Waals surface area contributed by atoms with Gasteiger partial charge >= 0.3 is 0 Å². The van der Waals surface area contributed by atoms with E-state index in [1.165, 1.54) is 29.1 Å². The smallest absolute Gasteiger partial charge is 0.251 e. The van der Waals surface area contributed by atoms with Crippen LogP contribution in [0.2, 0.25) is 0 Å².